The van der Waals surface area contributed by atoms with E-state index in [4.69, 9.17) is 9.05 Å². The Balaban J connectivity index is 1.68. The number of benzene rings is 2. The quantitative estimate of drug-likeness (QED) is 0.473. The third-order valence-corrected chi connectivity index (χ3v) is 5.10. The SMILES string of the molecule is Cc1ccc(-c2nonc2NC(=O)c2oc3ccc(Br)cc3c2C)cc1C. The van der Waals surface area contributed by atoms with E-state index < -0.39 is 5.91 Å². The number of hydrogen-bond acceptors (Lipinski definition) is 5. The molecule has 0 atom stereocenters. The zero-order valence-electron chi connectivity index (χ0n) is 15.0. The molecule has 1 amide bonds. The van der Waals surface area contributed by atoms with E-state index in [0.29, 0.717) is 11.3 Å². The maximum atomic E-state index is 12.8. The van der Waals surface area contributed by atoms with Gasteiger partial charge in [0.1, 0.15) is 5.58 Å². The fourth-order valence-electron chi connectivity index (χ4n) is 2.92. The third-order valence-electron chi connectivity index (χ3n) is 4.61. The largest absolute Gasteiger partial charge is 0.451 e. The average molecular weight is 426 g/mol. The summed E-state index contributed by atoms with van der Waals surface area (Å²) >= 11 is 3.43. The molecule has 0 aliphatic heterocycles. The van der Waals surface area contributed by atoms with Crippen molar-refractivity contribution >= 4 is 38.6 Å². The Morgan fingerprint density at radius 1 is 1.04 bits per heavy atom. The number of halogens is 1. The molecule has 0 saturated heterocycles. The van der Waals surface area contributed by atoms with Gasteiger partial charge in [-0.25, -0.2) is 4.63 Å². The van der Waals surface area contributed by atoms with Gasteiger partial charge in [0.25, 0.3) is 5.91 Å². The first-order valence-corrected chi connectivity index (χ1v) is 9.13. The summed E-state index contributed by atoms with van der Waals surface area (Å²) < 4.78 is 11.5. The first kappa shape index (κ1) is 17.5. The lowest BCUT2D eigenvalue weighted by atomic mass is 10.0. The van der Waals surface area contributed by atoms with Crippen molar-refractivity contribution in [2.75, 3.05) is 5.32 Å². The van der Waals surface area contributed by atoms with Crippen molar-refractivity contribution in [3.8, 4) is 11.3 Å². The second-order valence-electron chi connectivity index (χ2n) is 6.41. The normalized spacial score (nSPS) is 11.1. The number of nitrogens with zero attached hydrogens (tertiary/aromatic N) is 2. The van der Waals surface area contributed by atoms with Gasteiger partial charge < -0.3 is 4.42 Å². The number of carbonyl (C=O) groups excluding carboxylic acids is 1. The van der Waals surface area contributed by atoms with E-state index in [-0.39, 0.29) is 11.6 Å². The van der Waals surface area contributed by atoms with Crippen molar-refractivity contribution in [2.45, 2.75) is 20.8 Å². The first-order chi connectivity index (χ1) is 12.9. The molecule has 6 nitrogen and oxygen atoms in total. The summed E-state index contributed by atoms with van der Waals surface area (Å²) in [4.78, 5) is 12.8. The van der Waals surface area contributed by atoms with Crippen molar-refractivity contribution in [3.63, 3.8) is 0 Å². The second-order valence-corrected chi connectivity index (χ2v) is 7.33. The Morgan fingerprint density at radius 2 is 1.85 bits per heavy atom. The highest BCUT2D eigenvalue weighted by molar-refractivity contribution is 9.10. The lowest BCUT2D eigenvalue weighted by Crippen LogP contribution is -2.13. The average Bonchev–Trinajstić information content (AvgIpc) is 3.22. The maximum absolute atomic E-state index is 12.8. The molecule has 0 radical (unpaired) electrons. The van der Waals surface area contributed by atoms with E-state index in [9.17, 15) is 4.79 Å². The zero-order valence-corrected chi connectivity index (χ0v) is 16.5. The molecule has 27 heavy (non-hydrogen) atoms. The Labute approximate surface area is 163 Å². The smallest absolute Gasteiger partial charge is 0.292 e. The number of furan rings is 1. The molecule has 0 spiro atoms. The molecule has 7 heteroatoms. The minimum Gasteiger partial charge on any atom is -0.451 e. The van der Waals surface area contributed by atoms with Gasteiger partial charge in [-0.1, -0.05) is 28.1 Å². The van der Waals surface area contributed by atoms with E-state index in [2.05, 4.69) is 31.6 Å². The zero-order chi connectivity index (χ0) is 19.1. The standard InChI is InChI=1S/C20H16BrN3O3/c1-10-4-5-13(8-11(10)2)17-19(24-27-23-17)22-20(25)18-12(3)15-9-14(21)6-7-16(15)26-18/h4-9H,1-3H3,(H,22,24,25). The molecule has 0 aliphatic rings. The molecule has 2 heterocycles. The Kier molecular flexibility index (Phi) is 4.31. The number of hydrogen-bond donors (Lipinski definition) is 1. The molecule has 0 unspecified atom stereocenters. The van der Waals surface area contributed by atoms with E-state index in [1.165, 1.54) is 5.56 Å². The van der Waals surface area contributed by atoms with Crippen molar-refractivity contribution in [3.05, 3.63) is 63.3 Å². The molecule has 0 aliphatic carbocycles. The summed E-state index contributed by atoms with van der Waals surface area (Å²) in [6.07, 6.45) is 0. The molecular weight excluding hydrogens is 410 g/mol. The highest BCUT2D eigenvalue weighted by Crippen LogP contribution is 2.30. The van der Waals surface area contributed by atoms with Crippen molar-refractivity contribution < 1.29 is 13.8 Å². The summed E-state index contributed by atoms with van der Waals surface area (Å²) in [5.41, 5.74) is 4.99. The van der Waals surface area contributed by atoms with Crippen LogP contribution in [0.3, 0.4) is 0 Å². The fourth-order valence-corrected chi connectivity index (χ4v) is 3.28. The van der Waals surface area contributed by atoms with Gasteiger partial charge in [0, 0.05) is 21.0 Å². The van der Waals surface area contributed by atoms with Gasteiger partial charge in [0.05, 0.1) is 0 Å². The van der Waals surface area contributed by atoms with Gasteiger partial charge in [-0.2, -0.15) is 0 Å². The van der Waals surface area contributed by atoms with Crippen LogP contribution in [-0.4, -0.2) is 16.2 Å². The van der Waals surface area contributed by atoms with E-state index in [0.717, 1.165) is 26.5 Å². The molecule has 0 saturated carbocycles. The Morgan fingerprint density at radius 3 is 2.63 bits per heavy atom. The molecule has 2 aromatic carbocycles. The van der Waals surface area contributed by atoms with E-state index in [1.54, 1.807) is 0 Å². The maximum Gasteiger partial charge on any atom is 0.292 e. The fraction of sp³-hybridized carbons (Fsp3) is 0.150. The molecule has 136 valence electrons. The minimum atomic E-state index is -0.402. The monoisotopic (exact) mass is 425 g/mol. The lowest BCUT2D eigenvalue weighted by molar-refractivity contribution is 0.0997. The molecule has 2 aromatic heterocycles. The number of aryl methyl sites for hydroxylation is 3. The van der Waals surface area contributed by atoms with Crippen molar-refractivity contribution in [2.24, 2.45) is 0 Å². The number of carbonyl (C=O) groups is 1. The number of amides is 1. The van der Waals surface area contributed by atoms with Crippen LogP contribution in [0, 0.1) is 20.8 Å². The molecule has 0 bridgehead atoms. The van der Waals surface area contributed by atoms with Gasteiger partial charge in [-0.15, -0.1) is 0 Å². The molecule has 0 fully saturated rings. The van der Waals surface area contributed by atoms with E-state index in [1.807, 2.05) is 57.2 Å². The Bertz CT molecular complexity index is 1180. The van der Waals surface area contributed by atoms with Crippen LogP contribution in [0.4, 0.5) is 5.82 Å². The summed E-state index contributed by atoms with van der Waals surface area (Å²) in [5, 5.41) is 11.4. The predicted molar refractivity (Wildman–Crippen MR) is 106 cm³/mol. The van der Waals surface area contributed by atoms with Gasteiger partial charge in [0.15, 0.2) is 11.5 Å². The van der Waals surface area contributed by atoms with Crippen LogP contribution in [0.2, 0.25) is 0 Å². The van der Waals surface area contributed by atoms with Gasteiger partial charge in [-0.05, 0) is 66.5 Å². The minimum absolute atomic E-state index is 0.233. The first-order valence-electron chi connectivity index (χ1n) is 8.34. The van der Waals surface area contributed by atoms with Crippen LogP contribution >= 0.6 is 15.9 Å². The summed E-state index contributed by atoms with van der Waals surface area (Å²) in [6, 6.07) is 11.5. The van der Waals surface area contributed by atoms with Crippen LogP contribution in [0.5, 0.6) is 0 Å². The number of nitrogens with one attached hydrogen (secondary N) is 1. The van der Waals surface area contributed by atoms with Crippen LogP contribution < -0.4 is 5.32 Å². The lowest BCUT2D eigenvalue weighted by Gasteiger charge is -2.04. The molecule has 4 rings (SSSR count). The topological polar surface area (TPSA) is 81.2 Å². The van der Waals surface area contributed by atoms with Crippen LogP contribution in [0.25, 0.3) is 22.2 Å². The highest BCUT2D eigenvalue weighted by atomic mass is 79.9. The Hall–Kier alpha value is -2.93. The van der Waals surface area contributed by atoms with Crippen molar-refractivity contribution in [1.82, 2.24) is 10.3 Å². The third kappa shape index (κ3) is 3.14. The van der Waals surface area contributed by atoms with Crippen LogP contribution in [0.1, 0.15) is 27.2 Å². The summed E-state index contributed by atoms with van der Waals surface area (Å²) in [7, 11) is 0. The van der Waals surface area contributed by atoms with Crippen molar-refractivity contribution in [1.29, 1.82) is 0 Å². The van der Waals surface area contributed by atoms with Crippen LogP contribution in [0.15, 0.2) is 49.9 Å². The van der Waals surface area contributed by atoms with Gasteiger partial charge in [0.2, 0.25) is 5.82 Å². The molecule has 1 N–H and O–H groups in total. The van der Waals surface area contributed by atoms with Gasteiger partial charge in [-0.3, -0.25) is 10.1 Å². The van der Waals surface area contributed by atoms with Crippen LogP contribution in [-0.2, 0) is 0 Å². The summed E-state index contributed by atoms with van der Waals surface area (Å²) in [5.74, 6) is 0.0852. The highest BCUT2D eigenvalue weighted by Gasteiger charge is 2.22. The number of aromatic nitrogens is 2. The number of fused-ring (bicyclic) bond motifs is 1. The predicted octanol–water partition coefficient (Wildman–Crippen LogP) is 5.42. The van der Waals surface area contributed by atoms with Gasteiger partial charge >= 0.3 is 0 Å². The number of anilines is 1. The summed E-state index contributed by atoms with van der Waals surface area (Å²) in [6.45, 7) is 5.89. The molecule has 4 aromatic rings. The molecular formula is C20H16BrN3O3. The second kappa shape index (κ2) is 6.66. The van der Waals surface area contributed by atoms with E-state index >= 15 is 0 Å². The number of rotatable bonds is 3.